The monoisotopic (exact) mass is 419 g/mol. The fraction of sp³-hybridized carbons (Fsp3) is 0.440. The quantitative estimate of drug-likeness (QED) is 0.557. The number of hydrogen-bond acceptors (Lipinski definition) is 5. The molecule has 0 spiro atoms. The van der Waals surface area contributed by atoms with Crippen LogP contribution in [-0.2, 0) is 32.6 Å². The van der Waals surface area contributed by atoms with Crippen LogP contribution in [0.15, 0.2) is 48.8 Å². The average Bonchev–Trinajstić information content (AvgIpc) is 3.00. The standard InChI is InChI=1S/C25H33N5O/c1-4-30-19-23(20(2)27-30)18-29-13-14-31-25-9-8-21(15-22(25)17-29)16-28(3)12-10-24-7-5-6-11-26-24/h5-9,11,15,19H,4,10,12-14,16-18H2,1-3H3. The number of rotatable bonds is 8. The highest BCUT2D eigenvalue weighted by Crippen LogP contribution is 2.26. The average molecular weight is 420 g/mol. The molecular weight excluding hydrogens is 386 g/mol. The summed E-state index contributed by atoms with van der Waals surface area (Å²) in [5.41, 5.74) is 6.16. The lowest BCUT2D eigenvalue weighted by Crippen LogP contribution is -2.25. The van der Waals surface area contributed by atoms with Crippen LogP contribution in [-0.4, -0.2) is 51.3 Å². The zero-order chi connectivity index (χ0) is 21.6. The minimum absolute atomic E-state index is 0.720. The molecule has 3 heterocycles. The Morgan fingerprint density at radius 2 is 2.10 bits per heavy atom. The van der Waals surface area contributed by atoms with E-state index in [0.29, 0.717) is 0 Å². The van der Waals surface area contributed by atoms with Crippen LogP contribution in [0.4, 0.5) is 0 Å². The van der Waals surface area contributed by atoms with E-state index in [4.69, 9.17) is 4.74 Å². The van der Waals surface area contributed by atoms with Crippen LogP contribution < -0.4 is 4.74 Å². The second kappa shape index (κ2) is 10.1. The molecule has 4 rings (SSSR count). The minimum atomic E-state index is 0.720. The van der Waals surface area contributed by atoms with Crippen LogP contribution in [0.3, 0.4) is 0 Å². The van der Waals surface area contributed by atoms with Gasteiger partial charge in [-0.15, -0.1) is 0 Å². The number of fused-ring (bicyclic) bond motifs is 1. The third kappa shape index (κ3) is 5.71. The van der Waals surface area contributed by atoms with Crippen molar-refractivity contribution in [2.24, 2.45) is 0 Å². The Morgan fingerprint density at radius 3 is 2.87 bits per heavy atom. The highest BCUT2D eigenvalue weighted by molar-refractivity contribution is 5.38. The number of aromatic nitrogens is 3. The molecule has 6 heteroatoms. The SMILES string of the molecule is CCn1cc(CN2CCOc3ccc(CN(C)CCc4ccccn4)cc3C2)c(C)n1. The molecule has 0 radical (unpaired) electrons. The van der Waals surface area contributed by atoms with E-state index in [1.807, 2.05) is 16.9 Å². The number of likely N-dealkylation sites (N-methyl/N-ethyl adjacent to an activating group) is 1. The van der Waals surface area contributed by atoms with Crippen molar-refractivity contribution in [3.63, 3.8) is 0 Å². The fourth-order valence-electron chi connectivity index (χ4n) is 4.09. The number of benzene rings is 1. The Balaban J connectivity index is 1.39. The van der Waals surface area contributed by atoms with Gasteiger partial charge in [0, 0.05) is 74.9 Å². The van der Waals surface area contributed by atoms with Gasteiger partial charge in [0.2, 0.25) is 0 Å². The van der Waals surface area contributed by atoms with Crippen LogP contribution in [0, 0.1) is 6.92 Å². The van der Waals surface area contributed by atoms with E-state index in [-0.39, 0.29) is 0 Å². The number of aryl methyl sites for hydroxylation is 2. The summed E-state index contributed by atoms with van der Waals surface area (Å²) in [6.07, 6.45) is 5.00. The van der Waals surface area contributed by atoms with Gasteiger partial charge in [-0.25, -0.2) is 0 Å². The Hall–Kier alpha value is -2.70. The highest BCUT2D eigenvalue weighted by atomic mass is 16.5. The molecule has 0 N–H and O–H groups in total. The molecule has 6 nitrogen and oxygen atoms in total. The summed E-state index contributed by atoms with van der Waals surface area (Å²) >= 11 is 0. The van der Waals surface area contributed by atoms with Gasteiger partial charge in [-0.1, -0.05) is 12.1 Å². The Kier molecular flexibility index (Phi) is 6.99. The number of hydrogen-bond donors (Lipinski definition) is 0. The van der Waals surface area contributed by atoms with Crippen LogP contribution >= 0.6 is 0 Å². The smallest absolute Gasteiger partial charge is 0.123 e. The van der Waals surface area contributed by atoms with Crippen molar-refractivity contribution in [1.29, 1.82) is 0 Å². The molecule has 0 unspecified atom stereocenters. The van der Waals surface area contributed by atoms with Crippen LogP contribution in [0.2, 0.25) is 0 Å². The summed E-state index contributed by atoms with van der Waals surface area (Å²) in [6, 6.07) is 12.8. The summed E-state index contributed by atoms with van der Waals surface area (Å²) in [6.45, 7) is 10.5. The van der Waals surface area contributed by atoms with Crippen LogP contribution in [0.25, 0.3) is 0 Å². The first kappa shape index (κ1) is 21.5. The lowest BCUT2D eigenvalue weighted by atomic mass is 10.1. The van der Waals surface area contributed by atoms with E-state index < -0.39 is 0 Å². The molecule has 1 aliphatic heterocycles. The summed E-state index contributed by atoms with van der Waals surface area (Å²) in [5, 5.41) is 4.60. The van der Waals surface area contributed by atoms with Crippen molar-refractivity contribution < 1.29 is 4.74 Å². The summed E-state index contributed by atoms with van der Waals surface area (Å²) in [7, 11) is 2.17. The van der Waals surface area contributed by atoms with Crippen molar-refractivity contribution in [2.45, 2.75) is 46.4 Å². The van der Waals surface area contributed by atoms with Gasteiger partial charge < -0.3 is 9.64 Å². The lowest BCUT2D eigenvalue weighted by molar-refractivity contribution is 0.219. The van der Waals surface area contributed by atoms with Crippen molar-refractivity contribution >= 4 is 0 Å². The van der Waals surface area contributed by atoms with E-state index in [9.17, 15) is 0 Å². The minimum Gasteiger partial charge on any atom is -0.492 e. The first-order valence-corrected chi connectivity index (χ1v) is 11.2. The number of ether oxygens (including phenoxy) is 1. The lowest BCUT2D eigenvalue weighted by Gasteiger charge is -2.20. The molecule has 0 fully saturated rings. The van der Waals surface area contributed by atoms with E-state index >= 15 is 0 Å². The first-order chi connectivity index (χ1) is 15.1. The molecule has 0 aliphatic carbocycles. The van der Waals surface area contributed by atoms with Gasteiger partial charge in [0.25, 0.3) is 0 Å². The molecule has 0 saturated heterocycles. The molecule has 1 aromatic carbocycles. The summed E-state index contributed by atoms with van der Waals surface area (Å²) < 4.78 is 8.07. The third-order valence-corrected chi connectivity index (χ3v) is 5.88. The predicted octanol–water partition coefficient (Wildman–Crippen LogP) is 3.68. The number of pyridine rings is 1. The maximum atomic E-state index is 6.05. The van der Waals surface area contributed by atoms with Crippen molar-refractivity contribution in [3.8, 4) is 5.75 Å². The second-order valence-corrected chi connectivity index (χ2v) is 8.41. The van der Waals surface area contributed by atoms with Gasteiger partial charge in [0.15, 0.2) is 0 Å². The van der Waals surface area contributed by atoms with Crippen LogP contribution in [0.5, 0.6) is 5.75 Å². The van der Waals surface area contributed by atoms with E-state index in [1.165, 1.54) is 16.7 Å². The molecule has 0 saturated carbocycles. The van der Waals surface area contributed by atoms with Gasteiger partial charge >= 0.3 is 0 Å². The topological polar surface area (TPSA) is 46.4 Å². The van der Waals surface area contributed by atoms with Crippen molar-refractivity contribution in [1.82, 2.24) is 24.6 Å². The highest BCUT2D eigenvalue weighted by Gasteiger charge is 2.18. The maximum Gasteiger partial charge on any atom is 0.123 e. The van der Waals surface area contributed by atoms with Gasteiger partial charge in [-0.05, 0) is 50.7 Å². The molecule has 2 aromatic heterocycles. The Bertz CT molecular complexity index is 985. The zero-order valence-electron chi connectivity index (χ0n) is 18.9. The van der Waals surface area contributed by atoms with Crippen molar-refractivity contribution in [3.05, 3.63) is 76.9 Å². The second-order valence-electron chi connectivity index (χ2n) is 8.41. The Labute approximate surface area is 185 Å². The molecule has 0 bridgehead atoms. The largest absolute Gasteiger partial charge is 0.492 e. The van der Waals surface area contributed by atoms with Gasteiger partial charge in [-0.2, -0.15) is 5.10 Å². The van der Waals surface area contributed by atoms with Crippen molar-refractivity contribution in [2.75, 3.05) is 26.7 Å². The van der Waals surface area contributed by atoms with Gasteiger partial charge in [0.05, 0.1) is 5.69 Å². The van der Waals surface area contributed by atoms with Gasteiger partial charge in [0.1, 0.15) is 12.4 Å². The molecular formula is C25H33N5O. The zero-order valence-corrected chi connectivity index (χ0v) is 18.9. The van der Waals surface area contributed by atoms with E-state index in [2.05, 4.69) is 77.3 Å². The molecule has 164 valence electrons. The molecule has 0 amide bonds. The first-order valence-electron chi connectivity index (χ1n) is 11.2. The van der Waals surface area contributed by atoms with E-state index in [1.54, 1.807) is 0 Å². The Morgan fingerprint density at radius 1 is 1.19 bits per heavy atom. The summed E-state index contributed by atoms with van der Waals surface area (Å²) in [4.78, 5) is 9.25. The predicted molar refractivity (Wildman–Crippen MR) is 123 cm³/mol. The van der Waals surface area contributed by atoms with Gasteiger partial charge in [-0.3, -0.25) is 14.6 Å². The summed E-state index contributed by atoms with van der Waals surface area (Å²) in [5.74, 6) is 1.02. The van der Waals surface area contributed by atoms with E-state index in [0.717, 1.165) is 69.4 Å². The molecule has 3 aromatic rings. The normalized spacial score (nSPS) is 14.3. The number of nitrogens with zero attached hydrogens (tertiary/aromatic N) is 5. The molecule has 1 aliphatic rings. The third-order valence-electron chi connectivity index (χ3n) is 5.88. The maximum absolute atomic E-state index is 6.05. The molecule has 31 heavy (non-hydrogen) atoms. The molecule has 0 atom stereocenters. The van der Waals surface area contributed by atoms with Crippen LogP contribution in [0.1, 0.15) is 35.0 Å². The fourth-order valence-corrected chi connectivity index (χ4v) is 4.09.